The van der Waals surface area contributed by atoms with Crippen molar-refractivity contribution in [1.82, 2.24) is 0 Å². The number of halogens is 1. The van der Waals surface area contributed by atoms with Crippen LogP contribution in [0.4, 0.5) is 15.8 Å². The van der Waals surface area contributed by atoms with Crippen molar-refractivity contribution >= 4 is 23.2 Å². The molecule has 1 saturated heterocycles. The number of aryl methyl sites for hydroxylation is 1. The SMILES string of the molecule is Cc1ccc(NC(=O)[C@@H]2CC(=O)N(c3ccccc3F)C2)cc1. The minimum absolute atomic E-state index is 0.0893. The van der Waals surface area contributed by atoms with Crippen LogP contribution in [0.1, 0.15) is 12.0 Å². The number of carbonyl (C=O) groups excluding carboxylic acids is 2. The van der Waals surface area contributed by atoms with Gasteiger partial charge in [0.1, 0.15) is 5.82 Å². The summed E-state index contributed by atoms with van der Waals surface area (Å²) in [6.45, 7) is 2.16. The van der Waals surface area contributed by atoms with Gasteiger partial charge in [-0.15, -0.1) is 0 Å². The van der Waals surface area contributed by atoms with Gasteiger partial charge in [0.25, 0.3) is 0 Å². The van der Waals surface area contributed by atoms with Crippen LogP contribution in [0, 0.1) is 18.7 Å². The predicted molar refractivity (Wildman–Crippen MR) is 86.7 cm³/mol. The number of rotatable bonds is 3. The molecule has 2 amide bonds. The molecule has 0 spiro atoms. The second kappa shape index (κ2) is 6.20. The van der Waals surface area contributed by atoms with Gasteiger partial charge in [-0.3, -0.25) is 9.59 Å². The van der Waals surface area contributed by atoms with Crippen LogP contribution in [0.25, 0.3) is 0 Å². The fraction of sp³-hybridized carbons (Fsp3) is 0.222. The third-order valence-corrected chi connectivity index (χ3v) is 3.96. The standard InChI is InChI=1S/C18H17FN2O2/c1-12-6-8-14(9-7-12)20-18(23)13-10-17(22)21(11-13)16-5-3-2-4-15(16)19/h2-9,13H,10-11H2,1H3,(H,20,23)/t13-/m1/s1. The van der Waals surface area contributed by atoms with E-state index >= 15 is 0 Å². The van der Waals surface area contributed by atoms with E-state index < -0.39 is 11.7 Å². The molecule has 0 saturated carbocycles. The molecule has 0 aromatic heterocycles. The minimum Gasteiger partial charge on any atom is -0.326 e. The van der Waals surface area contributed by atoms with Gasteiger partial charge in [-0.2, -0.15) is 0 Å². The van der Waals surface area contributed by atoms with E-state index in [4.69, 9.17) is 0 Å². The lowest BCUT2D eigenvalue weighted by Gasteiger charge is -2.17. The summed E-state index contributed by atoms with van der Waals surface area (Å²) in [6.07, 6.45) is 0.0893. The van der Waals surface area contributed by atoms with Gasteiger partial charge in [0, 0.05) is 18.7 Å². The highest BCUT2D eigenvalue weighted by molar-refractivity contribution is 6.03. The van der Waals surface area contributed by atoms with E-state index in [-0.39, 0.29) is 30.5 Å². The summed E-state index contributed by atoms with van der Waals surface area (Å²) < 4.78 is 13.8. The second-order valence-corrected chi connectivity index (χ2v) is 5.71. The molecule has 3 rings (SSSR count). The molecule has 0 bridgehead atoms. The highest BCUT2D eigenvalue weighted by atomic mass is 19.1. The first-order valence-electron chi connectivity index (χ1n) is 7.47. The van der Waals surface area contributed by atoms with Gasteiger partial charge < -0.3 is 10.2 Å². The van der Waals surface area contributed by atoms with Crippen LogP contribution in [0.5, 0.6) is 0 Å². The van der Waals surface area contributed by atoms with Gasteiger partial charge in [0.05, 0.1) is 11.6 Å². The quantitative estimate of drug-likeness (QED) is 0.946. The zero-order chi connectivity index (χ0) is 16.4. The van der Waals surface area contributed by atoms with E-state index in [1.165, 1.54) is 11.0 Å². The van der Waals surface area contributed by atoms with E-state index in [2.05, 4.69) is 5.32 Å². The number of nitrogens with one attached hydrogen (secondary N) is 1. The summed E-state index contributed by atoms with van der Waals surface area (Å²) in [5, 5.41) is 2.81. The van der Waals surface area contributed by atoms with Gasteiger partial charge in [0.15, 0.2) is 0 Å². The van der Waals surface area contributed by atoms with Crippen LogP contribution >= 0.6 is 0 Å². The molecule has 23 heavy (non-hydrogen) atoms. The molecule has 1 N–H and O–H groups in total. The maximum Gasteiger partial charge on any atom is 0.229 e. The summed E-state index contributed by atoms with van der Waals surface area (Å²) in [5.74, 6) is -1.40. The topological polar surface area (TPSA) is 49.4 Å². The molecule has 118 valence electrons. The number of amides is 2. The average molecular weight is 312 g/mol. The Kier molecular flexibility index (Phi) is 4.10. The Labute approximate surface area is 133 Å². The van der Waals surface area contributed by atoms with Crippen molar-refractivity contribution in [2.75, 3.05) is 16.8 Å². The molecule has 1 heterocycles. The Balaban J connectivity index is 1.71. The van der Waals surface area contributed by atoms with E-state index in [1.54, 1.807) is 18.2 Å². The first kappa shape index (κ1) is 15.2. The van der Waals surface area contributed by atoms with E-state index in [1.807, 2.05) is 31.2 Å². The Morgan fingerprint density at radius 2 is 1.87 bits per heavy atom. The van der Waals surface area contributed by atoms with Crippen LogP contribution in [0.15, 0.2) is 48.5 Å². The third-order valence-electron chi connectivity index (χ3n) is 3.96. The zero-order valence-corrected chi connectivity index (χ0v) is 12.8. The first-order valence-corrected chi connectivity index (χ1v) is 7.47. The maximum absolute atomic E-state index is 13.8. The fourth-order valence-electron chi connectivity index (χ4n) is 2.67. The van der Waals surface area contributed by atoms with Crippen LogP contribution in [0.2, 0.25) is 0 Å². The van der Waals surface area contributed by atoms with Gasteiger partial charge in [-0.05, 0) is 31.2 Å². The highest BCUT2D eigenvalue weighted by Gasteiger charge is 2.36. The summed E-state index contributed by atoms with van der Waals surface area (Å²) in [4.78, 5) is 25.8. The fourth-order valence-corrected chi connectivity index (χ4v) is 2.67. The van der Waals surface area contributed by atoms with E-state index in [0.717, 1.165) is 5.56 Å². The smallest absolute Gasteiger partial charge is 0.229 e. The van der Waals surface area contributed by atoms with Crippen molar-refractivity contribution in [3.63, 3.8) is 0 Å². The van der Waals surface area contributed by atoms with Crippen molar-refractivity contribution in [3.8, 4) is 0 Å². The Morgan fingerprint density at radius 1 is 1.17 bits per heavy atom. The van der Waals surface area contributed by atoms with Crippen molar-refractivity contribution in [1.29, 1.82) is 0 Å². The Morgan fingerprint density at radius 3 is 2.57 bits per heavy atom. The molecule has 1 aliphatic heterocycles. The van der Waals surface area contributed by atoms with Crippen molar-refractivity contribution in [2.24, 2.45) is 5.92 Å². The monoisotopic (exact) mass is 312 g/mol. The van der Waals surface area contributed by atoms with Crippen molar-refractivity contribution < 1.29 is 14.0 Å². The first-order chi connectivity index (χ1) is 11.0. The normalized spacial score (nSPS) is 17.4. The van der Waals surface area contributed by atoms with E-state index in [9.17, 15) is 14.0 Å². The largest absolute Gasteiger partial charge is 0.326 e. The van der Waals surface area contributed by atoms with Gasteiger partial charge in [-0.25, -0.2) is 4.39 Å². The molecule has 0 radical (unpaired) electrons. The van der Waals surface area contributed by atoms with E-state index in [0.29, 0.717) is 5.69 Å². The van der Waals surface area contributed by atoms with Crippen LogP contribution in [-0.2, 0) is 9.59 Å². The summed E-state index contributed by atoms with van der Waals surface area (Å²) in [7, 11) is 0. The number of hydrogen-bond donors (Lipinski definition) is 1. The Hall–Kier alpha value is -2.69. The summed E-state index contributed by atoms with van der Waals surface area (Å²) in [5.41, 5.74) is 2.02. The lowest BCUT2D eigenvalue weighted by Crippen LogP contribution is -2.28. The lowest BCUT2D eigenvalue weighted by molar-refractivity contribution is -0.122. The minimum atomic E-state index is -0.483. The van der Waals surface area contributed by atoms with Gasteiger partial charge >= 0.3 is 0 Å². The molecule has 1 atom stereocenters. The van der Waals surface area contributed by atoms with Gasteiger partial charge in [0.2, 0.25) is 11.8 Å². The summed E-state index contributed by atoms with van der Waals surface area (Å²) >= 11 is 0. The zero-order valence-electron chi connectivity index (χ0n) is 12.8. The second-order valence-electron chi connectivity index (χ2n) is 5.71. The van der Waals surface area contributed by atoms with Crippen LogP contribution in [0.3, 0.4) is 0 Å². The molecule has 0 aliphatic carbocycles. The van der Waals surface area contributed by atoms with Crippen molar-refractivity contribution in [3.05, 3.63) is 59.9 Å². The molecule has 0 unspecified atom stereocenters. The highest BCUT2D eigenvalue weighted by Crippen LogP contribution is 2.28. The maximum atomic E-state index is 13.8. The van der Waals surface area contributed by atoms with Gasteiger partial charge in [-0.1, -0.05) is 29.8 Å². The number of anilines is 2. The number of para-hydroxylation sites is 1. The molecule has 4 nitrogen and oxygen atoms in total. The summed E-state index contributed by atoms with van der Waals surface area (Å²) in [6, 6.07) is 13.5. The predicted octanol–water partition coefficient (Wildman–Crippen LogP) is 3.13. The lowest BCUT2D eigenvalue weighted by atomic mass is 10.1. The third kappa shape index (κ3) is 3.23. The Bertz CT molecular complexity index is 743. The molecular weight excluding hydrogens is 295 g/mol. The van der Waals surface area contributed by atoms with Crippen molar-refractivity contribution in [2.45, 2.75) is 13.3 Å². The number of benzene rings is 2. The van der Waals surface area contributed by atoms with Crippen LogP contribution < -0.4 is 10.2 Å². The molecule has 5 heteroatoms. The number of carbonyl (C=O) groups is 2. The molecular formula is C18H17FN2O2. The molecule has 2 aromatic carbocycles. The number of hydrogen-bond acceptors (Lipinski definition) is 2. The molecule has 1 aliphatic rings. The molecule has 1 fully saturated rings. The van der Waals surface area contributed by atoms with Crippen LogP contribution in [-0.4, -0.2) is 18.4 Å². The number of nitrogens with zero attached hydrogens (tertiary/aromatic N) is 1. The average Bonchev–Trinajstić information content (AvgIpc) is 2.92. The molecule has 2 aromatic rings.